The first kappa shape index (κ1) is 25.2. The number of carbonyl (C=O) groups excluding carboxylic acids is 1. The number of fused-ring (bicyclic) bond motifs is 1. The van der Waals surface area contributed by atoms with Gasteiger partial charge in [-0.2, -0.15) is 0 Å². The SMILES string of the molecule is COc1ccc(S(=O)(=O)N2C[C@H](C(=O)NC(C)(C)CC(C)(C)C)Oc3ccc(Cl)cc32)cc1. The number of hydrogen-bond donors (Lipinski definition) is 1. The fourth-order valence-corrected chi connectivity index (χ4v) is 5.88. The molecule has 7 nitrogen and oxygen atoms in total. The van der Waals surface area contributed by atoms with Gasteiger partial charge in [0.2, 0.25) is 0 Å². The standard InChI is InChI=1S/C24H31ClN2O5S/c1-23(2,3)15-24(4,5)26-22(28)21-14-27(19-13-16(25)7-12-20(19)32-21)33(29,30)18-10-8-17(31-6)9-11-18/h7-13,21H,14-15H2,1-6H3,(H,26,28)/t21-/m1/s1. The summed E-state index contributed by atoms with van der Waals surface area (Å²) >= 11 is 6.15. The number of nitrogens with zero attached hydrogens (tertiary/aromatic N) is 1. The van der Waals surface area contributed by atoms with Crippen molar-refractivity contribution in [2.24, 2.45) is 5.41 Å². The van der Waals surface area contributed by atoms with Gasteiger partial charge in [0.05, 0.1) is 24.2 Å². The maximum atomic E-state index is 13.6. The highest BCUT2D eigenvalue weighted by molar-refractivity contribution is 7.92. The first-order valence-corrected chi connectivity index (χ1v) is 12.5. The fourth-order valence-electron chi connectivity index (χ4n) is 4.25. The molecule has 1 atom stereocenters. The van der Waals surface area contributed by atoms with Crippen molar-refractivity contribution in [1.82, 2.24) is 5.32 Å². The van der Waals surface area contributed by atoms with E-state index in [2.05, 4.69) is 26.1 Å². The molecule has 2 aromatic rings. The minimum absolute atomic E-state index is 0.00269. The van der Waals surface area contributed by atoms with Crippen molar-refractivity contribution in [2.45, 2.75) is 57.6 Å². The van der Waals surface area contributed by atoms with Crippen molar-refractivity contribution in [3.63, 3.8) is 0 Å². The molecule has 1 aliphatic rings. The van der Waals surface area contributed by atoms with E-state index in [1.54, 1.807) is 24.3 Å². The summed E-state index contributed by atoms with van der Waals surface area (Å²) in [4.78, 5) is 13.2. The lowest BCUT2D eigenvalue weighted by Gasteiger charge is -2.38. The molecule has 0 bridgehead atoms. The summed E-state index contributed by atoms with van der Waals surface area (Å²) in [5.41, 5.74) is -0.216. The Bertz CT molecular complexity index is 1120. The van der Waals surface area contributed by atoms with Gasteiger partial charge in [-0.3, -0.25) is 9.10 Å². The number of benzene rings is 2. The Morgan fingerprint density at radius 1 is 1.15 bits per heavy atom. The molecule has 0 saturated heterocycles. The molecule has 180 valence electrons. The molecular formula is C24H31ClN2O5S. The summed E-state index contributed by atoms with van der Waals surface area (Å²) in [5.74, 6) is 0.439. The van der Waals surface area contributed by atoms with Crippen molar-refractivity contribution in [3.05, 3.63) is 47.5 Å². The minimum atomic E-state index is -4.00. The van der Waals surface area contributed by atoms with E-state index in [9.17, 15) is 13.2 Å². The third-order valence-corrected chi connectivity index (χ3v) is 7.19. The van der Waals surface area contributed by atoms with Crippen LogP contribution in [0, 0.1) is 5.41 Å². The Hall–Kier alpha value is -2.45. The van der Waals surface area contributed by atoms with Gasteiger partial charge >= 0.3 is 0 Å². The summed E-state index contributed by atoms with van der Waals surface area (Å²) in [6.45, 7) is 10.00. The molecule has 1 amide bonds. The second-order valence-corrected chi connectivity index (χ2v) is 12.3. The zero-order valence-electron chi connectivity index (χ0n) is 19.8. The van der Waals surface area contributed by atoms with E-state index < -0.39 is 21.7 Å². The summed E-state index contributed by atoms with van der Waals surface area (Å²) in [5, 5.41) is 3.39. The predicted octanol–water partition coefficient (Wildman–Crippen LogP) is 4.64. The third kappa shape index (κ3) is 5.92. The van der Waals surface area contributed by atoms with Gasteiger partial charge in [0.1, 0.15) is 11.5 Å². The molecule has 2 aromatic carbocycles. The Labute approximate surface area is 201 Å². The van der Waals surface area contributed by atoms with Crippen molar-refractivity contribution in [1.29, 1.82) is 0 Å². The van der Waals surface area contributed by atoms with Crippen molar-refractivity contribution in [3.8, 4) is 11.5 Å². The van der Waals surface area contributed by atoms with Gasteiger partial charge in [-0.05, 0) is 68.1 Å². The normalized spacial score (nSPS) is 16.6. The lowest BCUT2D eigenvalue weighted by Crippen LogP contribution is -2.55. The number of halogens is 1. The van der Waals surface area contributed by atoms with E-state index in [0.29, 0.717) is 10.8 Å². The van der Waals surface area contributed by atoms with Crippen molar-refractivity contribution >= 4 is 33.2 Å². The smallest absolute Gasteiger partial charge is 0.264 e. The number of anilines is 1. The van der Waals surface area contributed by atoms with Crippen LogP contribution in [-0.2, 0) is 14.8 Å². The molecule has 3 rings (SSSR count). The zero-order valence-corrected chi connectivity index (χ0v) is 21.4. The van der Waals surface area contributed by atoms with Gasteiger partial charge in [0, 0.05) is 10.6 Å². The number of rotatable bonds is 6. The summed E-state index contributed by atoms with van der Waals surface area (Å²) in [6, 6.07) is 10.8. The first-order chi connectivity index (χ1) is 15.2. The number of carbonyl (C=O) groups is 1. The van der Waals surface area contributed by atoms with Crippen LogP contribution in [0.4, 0.5) is 5.69 Å². The number of amides is 1. The molecule has 1 aliphatic heterocycles. The molecule has 0 aliphatic carbocycles. The first-order valence-electron chi connectivity index (χ1n) is 10.7. The lowest BCUT2D eigenvalue weighted by molar-refractivity contribution is -0.129. The molecule has 33 heavy (non-hydrogen) atoms. The van der Waals surface area contributed by atoms with E-state index in [-0.39, 0.29) is 34.2 Å². The van der Waals surface area contributed by atoms with Gasteiger partial charge in [0.25, 0.3) is 15.9 Å². The number of hydrogen-bond acceptors (Lipinski definition) is 5. The second-order valence-electron chi connectivity index (χ2n) is 10.0. The predicted molar refractivity (Wildman–Crippen MR) is 130 cm³/mol. The lowest BCUT2D eigenvalue weighted by atomic mass is 9.81. The number of methoxy groups -OCH3 is 1. The average Bonchev–Trinajstić information content (AvgIpc) is 2.70. The van der Waals surface area contributed by atoms with Crippen molar-refractivity contribution < 1.29 is 22.7 Å². The molecule has 0 fully saturated rings. The molecule has 9 heteroatoms. The van der Waals surface area contributed by atoms with E-state index in [4.69, 9.17) is 21.1 Å². The molecule has 0 unspecified atom stereocenters. The van der Waals surface area contributed by atoms with Crippen LogP contribution < -0.4 is 19.1 Å². The molecule has 0 aromatic heterocycles. The summed E-state index contributed by atoms with van der Waals surface area (Å²) < 4.78 is 39.4. The second kappa shape index (κ2) is 9.06. The highest BCUT2D eigenvalue weighted by Gasteiger charge is 2.39. The molecule has 0 saturated carbocycles. The molecule has 0 radical (unpaired) electrons. The quantitative estimate of drug-likeness (QED) is 0.632. The molecule has 1 N–H and O–H groups in total. The van der Waals surface area contributed by atoms with Crippen molar-refractivity contribution in [2.75, 3.05) is 18.0 Å². The van der Waals surface area contributed by atoms with Crippen LogP contribution >= 0.6 is 11.6 Å². The highest BCUT2D eigenvalue weighted by atomic mass is 35.5. The van der Waals surface area contributed by atoms with Gasteiger partial charge in [-0.15, -0.1) is 0 Å². The Kier molecular flexibility index (Phi) is 6.92. The topological polar surface area (TPSA) is 84.9 Å². The number of nitrogens with one attached hydrogen (secondary N) is 1. The van der Waals surface area contributed by atoms with Gasteiger partial charge in [-0.1, -0.05) is 32.4 Å². The maximum absolute atomic E-state index is 13.6. The van der Waals surface area contributed by atoms with Crippen LogP contribution in [0.5, 0.6) is 11.5 Å². The van der Waals surface area contributed by atoms with Crippen LogP contribution in [0.3, 0.4) is 0 Å². The van der Waals surface area contributed by atoms with E-state index in [1.807, 2.05) is 13.8 Å². The van der Waals surface area contributed by atoms with Gasteiger partial charge < -0.3 is 14.8 Å². The molecular weight excluding hydrogens is 464 g/mol. The number of sulfonamides is 1. The van der Waals surface area contributed by atoms with Crippen LogP contribution in [0.2, 0.25) is 5.02 Å². The van der Waals surface area contributed by atoms with Gasteiger partial charge in [0.15, 0.2) is 6.10 Å². The number of ether oxygens (including phenoxy) is 2. The molecule has 0 spiro atoms. The van der Waals surface area contributed by atoms with E-state index in [1.165, 1.54) is 29.6 Å². The highest BCUT2D eigenvalue weighted by Crippen LogP contribution is 2.39. The summed E-state index contributed by atoms with van der Waals surface area (Å²) in [6.07, 6.45) is -0.288. The monoisotopic (exact) mass is 494 g/mol. The Morgan fingerprint density at radius 3 is 2.36 bits per heavy atom. The Morgan fingerprint density at radius 2 is 1.79 bits per heavy atom. The van der Waals surface area contributed by atoms with E-state index >= 15 is 0 Å². The van der Waals surface area contributed by atoms with Crippen LogP contribution in [0.25, 0.3) is 0 Å². The van der Waals surface area contributed by atoms with Crippen LogP contribution in [-0.4, -0.2) is 39.6 Å². The zero-order chi connectivity index (χ0) is 24.6. The van der Waals surface area contributed by atoms with Gasteiger partial charge in [-0.25, -0.2) is 8.42 Å². The van der Waals surface area contributed by atoms with E-state index in [0.717, 1.165) is 6.42 Å². The largest absolute Gasteiger partial charge is 0.497 e. The fraction of sp³-hybridized carbons (Fsp3) is 0.458. The van der Waals surface area contributed by atoms with Crippen LogP contribution in [0.1, 0.15) is 41.0 Å². The Balaban J connectivity index is 1.95. The summed E-state index contributed by atoms with van der Waals surface area (Å²) in [7, 11) is -2.49. The van der Waals surface area contributed by atoms with Crippen LogP contribution in [0.15, 0.2) is 47.4 Å². The molecule has 1 heterocycles. The average molecular weight is 495 g/mol. The third-order valence-electron chi connectivity index (χ3n) is 5.16. The minimum Gasteiger partial charge on any atom is -0.497 e. The maximum Gasteiger partial charge on any atom is 0.264 e.